The normalized spacial score (nSPS) is 21.1. The number of benzene rings is 1. The van der Waals surface area contributed by atoms with E-state index in [9.17, 15) is 4.79 Å². The standard InChI is InChI=1S/C16H24N2O/c1-4-15(19)18-13-7-5-6-12(10-13)17-14-8-9-16(2,3)11-14/h5-7,10,14,17H,4,8-9,11H2,1-3H3,(H,18,19). The van der Waals surface area contributed by atoms with E-state index in [-0.39, 0.29) is 5.91 Å². The van der Waals surface area contributed by atoms with Gasteiger partial charge in [0.1, 0.15) is 0 Å². The number of carbonyl (C=O) groups is 1. The summed E-state index contributed by atoms with van der Waals surface area (Å²) in [5.41, 5.74) is 2.41. The summed E-state index contributed by atoms with van der Waals surface area (Å²) in [6, 6.07) is 8.53. The summed E-state index contributed by atoms with van der Waals surface area (Å²) < 4.78 is 0. The van der Waals surface area contributed by atoms with Crippen LogP contribution in [-0.4, -0.2) is 11.9 Å². The van der Waals surface area contributed by atoms with Crippen molar-refractivity contribution >= 4 is 17.3 Å². The Labute approximate surface area is 115 Å². The number of anilines is 2. The third kappa shape index (κ3) is 3.98. The van der Waals surface area contributed by atoms with Gasteiger partial charge < -0.3 is 10.6 Å². The minimum absolute atomic E-state index is 0.0548. The van der Waals surface area contributed by atoms with Crippen molar-refractivity contribution in [1.29, 1.82) is 0 Å². The van der Waals surface area contributed by atoms with Gasteiger partial charge in [-0.25, -0.2) is 0 Å². The van der Waals surface area contributed by atoms with Gasteiger partial charge in [-0.2, -0.15) is 0 Å². The first kappa shape index (κ1) is 13.9. The molecular formula is C16H24N2O. The molecule has 19 heavy (non-hydrogen) atoms. The summed E-state index contributed by atoms with van der Waals surface area (Å²) in [5.74, 6) is 0.0548. The maximum atomic E-state index is 11.4. The molecule has 2 rings (SSSR count). The first-order chi connectivity index (χ1) is 8.98. The third-order valence-corrected chi connectivity index (χ3v) is 3.81. The van der Waals surface area contributed by atoms with Gasteiger partial charge in [-0.3, -0.25) is 4.79 Å². The van der Waals surface area contributed by atoms with Crippen molar-refractivity contribution in [3.05, 3.63) is 24.3 Å². The molecule has 1 aliphatic carbocycles. The number of carbonyl (C=O) groups excluding carboxylic acids is 1. The summed E-state index contributed by atoms with van der Waals surface area (Å²) in [7, 11) is 0. The zero-order valence-electron chi connectivity index (χ0n) is 12.1. The van der Waals surface area contributed by atoms with E-state index in [0.29, 0.717) is 17.9 Å². The maximum absolute atomic E-state index is 11.4. The van der Waals surface area contributed by atoms with Crippen LogP contribution >= 0.6 is 0 Å². The molecule has 1 atom stereocenters. The Balaban J connectivity index is 1.97. The molecule has 3 heteroatoms. The van der Waals surface area contributed by atoms with Gasteiger partial charge in [0.2, 0.25) is 5.91 Å². The highest BCUT2D eigenvalue weighted by atomic mass is 16.1. The number of amides is 1. The molecule has 0 saturated heterocycles. The Kier molecular flexibility index (Phi) is 4.13. The number of rotatable bonds is 4. The van der Waals surface area contributed by atoms with Gasteiger partial charge in [-0.05, 0) is 42.9 Å². The zero-order chi connectivity index (χ0) is 13.9. The van der Waals surface area contributed by atoms with Crippen molar-refractivity contribution in [2.45, 2.75) is 52.5 Å². The lowest BCUT2D eigenvalue weighted by Crippen LogP contribution is -2.17. The predicted molar refractivity (Wildman–Crippen MR) is 80.4 cm³/mol. The van der Waals surface area contributed by atoms with Crippen molar-refractivity contribution in [3.63, 3.8) is 0 Å². The van der Waals surface area contributed by atoms with Gasteiger partial charge in [-0.1, -0.05) is 26.8 Å². The van der Waals surface area contributed by atoms with Gasteiger partial charge in [0.05, 0.1) is 0 Å². The second kappa shape index (κ2) is 5.64. The Morgan fingerprint density at radius 2 is 2.11 bits per heavy atom. The quantitative estimate of drug-likeness (QED) is 0.858. The van der Waals surface area contributed by atoms with E-state index in [4.69, 9.17) is 0 Å². The molecule has 0 heterocycles. The molecule has 0 aromatic heterocycles. The van der Waals surface area contributed by atoms with Crippen molar-refractivity contribution in [1.82, 2.24) is 0 Å². The number of hydrogen-bond donors (Lipinski definition) is 2. The van der Waals surface area contributed by atoms with Crippen LogP contribution in [0.1, 0.15) is 46.5 Å². The molecule has 3 nitrogen and oxygen atoms in total. The Bertz CT molecular complexity index is 454. The van der Waals surface area contributed by atoms with Gasteiger partial charge in [0, 0.05) is 23.8 Å². The van der Waals surface area contributed by atoms with Crippen LogP contribution in [0.3, 0.4) is 0 Å². The van der Waals surface area contributed by atoms with E-state index in [1.165, 1.54) is 19.3 Å². The lowest BCUT2D eigenvalue weighted by Gasteiger charge is -2.19. The summed E-state index contributed by atoms with van der Waals surface area (Å²) >= 11 is 0. The second-order valence-corrected chi connectivity index (χ2v) is 6.23. The molecule has 1 unspecified atom stereocenters. The smallest absolute Gasteiger partial charge is 0.224 e. The first-order valence-corrected chi connectivity index (χ1v) is 7.15. The van der Waals surface area contributed by atoms with Gasteiger partial charge >= 0.3 is 0 Å². The number of hydrogen-bond acceptors (Lipinski definition) is 2. The monoisotopic (exact) mass is 260 g/mol. The fraction of sp³-hybridized carbons (Fsp3) is 0.562. The average molecular weight is 260 g/mol. The highest BCUT2D eigenvalue weighted by Crippen LogP contribution is 2.38. The number of nitrogens with one attached hydrogen (secondary N) is 2. The van der Waals surface area contributed by atoms with E-state index in [2.05, 4.69) is 30.5 Å². The van der Waals surface area contributed by atoms with Crippen LogP contribution in [0.25, 0.3) is 0 Å². The van der Waals surface area contributed by atoms with Crippen molar-refractivity contribution in [2.75, 3.05) is 10.6 Å². The Morgan fingerprint density at radius 3 is 2.74 bits per heavy atom. The van der Waals surface area contributed by atoms with Gasteiger partial charge in [0.25, 0.3) is 0 Å². The molecular weight excluding hydrogens is 236 g/mol. The fourth-order valence-corrected chi connectivity index (χ4v) is 2.73. The van der Waals surface area contributed by atoms with Crippen molar-refractivity contribution in [3.8, 4) is 0 Å². The van der Waals surface area contributed by atoms with Gasteiger partial charge in [0.15, 0.2) is 0 Å². The van der Waals surface area contributed by atoms with Gasteiger partial charge in [-0.15, -0.1) is 0 Å². The highest BCUT2D eigenvalue weighted by Gasteiger charge is 2.30. The van der Waals surface area contributed by atoms with E-state index in [1.807, 2.05) is 25.1 Å². The van der Waals surface area contributed by atoms with E-state index < -0.39 is 0 Å². The molecule has 2 N–H and O–H groups in total. The molecule has 1 saturated carbocycles. The minimum Gasteiger partial charge on any atom is -0.382 e. The van der Waals surface area contributed by atoms with Crippen LogP contribution in [0.15, 0.2) is 24.3 Å². The third-order valence-electron chi connectivity index (χ3n) is 3.81. The van der Waals surface area contributed by atoms with Crippen molar-refractivity contribution in [2.24, 2.45) is 5.41 Å². The van der Waals surface area contributed by atoms with Crippen LogP contribution in [0.2, 0.25) is 0 Å². The fourth-order valence-electron chi connectivity index (χ4n) is 2.73. The van der Waals surface area contributed by atoms with Crippen molar-refractivity contribution < 1.29 is 4.79 Å². The van der Waals surface area contributed by atoms with Crippen LogP contribution < -0.4 is 10.6 Å². The molecule has 1 aliphatic rings. The summed E-state index contributed by atoms with van der Waals surface area (Å²) in [5, 5.41) is 6.47. The van der Waals surface area contributed by atoms with Crippen LogP contribution in [-0.2, 0) is 4.79 Å². The predicted octanol–water partition coefficient (Wildman–Crippen LogP) is 4.03. The minimum atomic E-state index is 0.0548. The SMILES string of the molecule is CCC(=O)Nc1cccc(NC2CCC(C)(C)C2)c1. The molecule has 1 amide bonds. The molecule has 1 aromatic rings. The second-order valence-electron chi connectivity index (χ2n) is 6.23. The molecule has 0 bridgehead atoms. The summed E-state index contributed by atoms with van der Waals surface area (Å²) in [6.45, 7) is 6.51. The lowest BCUT2D eigenvalue weighted by atomic mass is 9.92. The Morgan fingerprint density at radius 1 is 1.37 bits per heavy atom. The zero-order valence-corrected chi connectivity index (χ0v) is 12.1. The molecule has 0 spiro atoms. The summed E-state index contributed by atoms with van der Waals surface area (Å²) in [6.07, 6.45) is 4.21. The lowest BCUT2D eigenvalue weighted by molar-refractivity contribution is -0.115. The van der Waals surface area contributed by atoms with Crippen LogP contribution in [0.4, 0.5) is 11.4 Å². The topological polar surface area (TPSA) is 41.1 Å². The Hall–Kier alpha value is -1.51. The molecule has 104 valence electrons. The van der Waals surface area contributed by atoms with Crippen LogP contribution in [0.5, 0.6) is 0 Å². The largest absolute Gasteiger partial charge is 0.382 e. The van der Waals surface area contributed by atoms with E-state index in [1.54, 1.807) is 0 Å². The van der Waals surface area contributed by atoms with Crippen LogP contribution in [0, 0.1) is 5.41 Å². The molecule has 0 aliphatic heterocycles. The molecule has 1 aromatic carbocycles. The maximum Gasteiger partial charge on any atom is 0.224 e. The highest BCUT2D eigenvalue weighted by molar-refractivity contribution is 5.90. The molecule has 0 radical (unpaired) electrons. The van der Waals surface area contributed by atoms with E-state index in [0.717, 1.165) is 11.4 Å². The first-order valence-electron chi connectivity index (χ1n) is 7.15. The molecule has 1 fully saturated rings. The average Bonchev–Trinajstić information content (AvgIpc) is 2.69. The van der Waals surface area contributed by atoms with E-state index >= 15 is 0 Å². The summed E-state index contributed by atoms with van der Waals surface area (Å²) in [4.78, 5) is 11.4.